The lowest BCUT2D eigenvalue weighted by Crippen LogP contribution is -2.59. The predicted molar refractivity (Wildman–Crippen MR) is 116 cm³/mol. The molecule has 156 valence electrons. The third-order valence-electron chi connectivity index (χ3n) is 7.45. The average molecular weight is 433 g/mol. The van der Waals surface area contributed by atoms with Crippen molar-refractivity contribution < 1.29 is 19.1 Å². The molecule has 3 fully saturated rings. The molecule has 4 atom stereocenters. The van der Waals surface area contributed by atoms with Gasteiger partial charge in [-0.3, -0.25) is 9.59 Å². The van der Waals surface area contributed by atoms with Gasteiger partial charge >= 0.3 is 11.9 Å². The third kappa shape index (κ3) is 2.96. The molecular weight excluding hydrogens is 404 g/mol. The van der Waals surface area contributed by atoms with Gasteiger partial charge in [-0.1, -0.05) is 24.6 Å². The van der Waals surface area contributed by atoms with Crippen LogP contribution < -0.4 is 4.74 Å². The van der Waals surface area contributed by atoms with Gasteiger partial charge in [-0.25, -0.2) is 0 Å². The van der Waals surface area contributed by atoms with Crippen LogP contribution in [-0.4, -0.2) is 34.1 Å². The quantitative estimate of drug-likeness (QED) is 0.494. The van der Waals surface area contributed by atoms with Crippen molar-refractivity contribution in [1.82, 2.24) is 0 Å². The molecule has 0 bridgehead atoms. The fraction of sp³-hybridized carbons (Fsp3) is 0.652. The number of ether oxygens (including phenoxy) is 2. The van der Waals surface area contributed by atoms with Crippen molar-refractivity contribution >= 4 is 35.5 Å². The number of benzene rings is 1. The van der Waals surface area contributed by atoms with E-state index in [4.69, 9.17) is 9.47 Å². The van der Waals surface area contributed by atoms with Gasteiger partial charge in [0.1, 0.15) is 5.75 Å². The fourth-order valence-corrected chi connectivity index (χ4v) is 10.3. The minimum Gasteiger partial charge on any atom is -0.466 e. The molecule has 1 aromatic carbocycles. The number of para-hydroxylation sites is 1. The van der Waals surface area contributed by atoms with Gasteiger partial charge in [-0.2, -0.15) is 0 Å². The molecular formula is C23H28O4S2. The Labute approximate surface area is 180 Å². The summed E-state index contributed by atoms with van der Waals surface area (Å²) < 4.78 is 11.4. The summed E-state index contributed by atoms with van der Waals surface area (Å²) in [5, 5.41) is 0. The summed E-state index contributed by atoms with van der Waals surface area (Å²) in [4.78, 5) is 26.4. The zero-order valence-corrected chi connectivity index (χ0v) is 18.5. The summed E-state index contributed by atoms with van der Waals surface area (Å²) in [6, 6.07) is 7.96. The van der Waals surface area contributed by atoms with Crippen LogP contribution in [0.25, 0.3) is 0 Å². The molecule has 4 unspecified atom stereocenters. The molecule has 1 saturated heterocycles. The van der Waals surface area contributed by atoms with Crippen molar-refractivity contribution in [2.75, 3.05) is 18.1 Å². The first kappa shape index (κ1) is 19.8. The van der Waals surface area contributed by atoms with Crippen LogP contribution in [0.1, 0.15) is 56.9 Å². The number of rotatable bonds is 3. The second-order valence-corrected chi connectivity index (χ2v) is 11.8. The molecule has 0 N–H and O–H groups in total. The van der Waals surface area contributed by atoms with E-state index in [0.717, 1.165) is 31.2 Å². The van der Waals surface area contributed by atoms with E-state index in [1.54, 1.807) is 0 Å². The molecule has 2 aliphatic carbocycles. The second kappa shape index (κ2) is 7.52. The molecule has 4 aliphatic rings. The summed E-state index contributed by atoms with van der Waals surface area (Å²) in [6.07, 6.45) is 5.62. The van der Waals surface area contributed by atoms with Crippen LogP contribution in [0.3, 0.4) is 0 Å². The standard InChI is InChI=1S/C23H28O4S2/c1-2-26-20(24)14-22-16-8-5-9-17(16)23(28-11-6-12-29-23)13-18(22)15-7-3-4-10-19(15)27-21(22)25/h3-4,7,10,16-18H,2,5-6,8-9,11-14H2,1H3. The number of thioether (sulfide) groups is 2. The maximum absolute atomic E-state index is 13.6. The molecule has 5 rings (SSSR count). The number of carbonyl (C=O) groups is 2. The second-order valence-electron chi connectivity index (χ2n) is 8.71. The number of carbonyl (C=O) groups excluding carboxylic acids is 2. The van der Waals surface area contributed by atoms with Crippen LogP contribution in [0, 0.1) is 17.3 Å². The maximum Gasteiger partial charge on any atom is 0.318 e. The molecule has 29 heavy (non-hydrogen) atoms. The van der Waals surface area contributed by atoms with Gasteiger partial charge in [0.2, 0.25) is 0 Å². The SMILES string of the molecule is CCOC(=O)CC12C(=O)Oc3ccccc3C1CC1(SCCCS1)C1CCCC12. The van der Waals surface area contributed by atoms with Gasteiger partial charge in [0.15, 0.2) is 0 Å². The van der Waals surface area contributed by atoms with Crippen molar-refractivity contribution in [3.05, 3.63) is 29.8 Å². The van der Waals surface area contributed by atoms with Crippen molar-refractivity contribution in [2.24, 2.45) is 17.3 Å². The van der Waals surface area contributed by atoms with Crippen molar-refractivity contribution in [3.8, 4) is 5.75 Å². The Kier molecular flexibility index (Phi) is 5.14. The molecule has 1 spiro atoms. The fourth-order valence-electron chi connectivity index (χ4n) is 6.42. The van der Waals surface area contributed by atoms with Crippen LogP contribution in [-0.2, 0) is 14.3 Å². The van der Waals surface area contributed by atoms with Crippen LogP contribution in [0.2, 0.25) is 0 Å². The van der Waals surface area contributed by atoms with E-state index < -0.39 is 5.41 Å². The van der Waals surface area contributed by atoms with Crippen molar-refractivity contribution in [3.63, 3.8) is 0 Å². The third-order valence-corrected chi connectivity index (χ3v) is 11.1. The van der Waals surface area contributed by atoms with Crippen LogP contribution in [0.5, 0.6) is 5.75 Å². The van der Waals surface area contributed by atoms with E-state index in [0.29, 0.717) is 18.3 Å². The molecule has 4 nitrogen and oxygen atoms in total. The van der Waals surface area contributed by atoms with Gasteiger partial charge in [0.25, 0.3) is 0 Å². The molecule has 2 saturated carbocycles. The summed E-state index contributed by atoms with van der Waals surface area (Å²) in [5.41, 5.74) is 0.318. The monoisotopic (exact) mass is 432 g/mol. The molecule has 2 heterocycles. The Balaban J connectivity index is 1.65. The number of hydrogen-bond acceptors (Lipinski definition) is 6. The zero-order valence-electron chi connectivity index (χ0n) is 16.9. The highest BCUT2D eigenvalue weighted by Crippen LogP contribution is 2.71. The minimum absolute atomic E-state index is 0.0156. The summed E-state index contributed by atoms with van der Waals surface area (Å²) in [7, 11) is 0. The first-order valence-electron chi connectivity index (χ1n) is 10.9. The Hall–Kier alpha value is -1.14. The highest BCUT2D eigenvalue weighted by molar-refractivity contribution is 8.18. The lowest BCUT2D eigenvalue weighted by Gasteiger charge is -2.58. The van der Waals surface area contributed by atoms with Crippen LogP contribution in [0.15, 0.2) is 24.3 Å². The Morgan fingerprint density at radius 2 is 1.93 bits per heavy atom. The van der Waals surface area contributed by atoms with E-state index in [9.17, 15) is 9.59 Å². The van der Waals surface area contributed by atoms with Crippen molar-refractivity contribution in [1.29, 1.82) is 0 Å². The maximum atomic E-state index is 13.6. The summed E-state index contributed by atoms with van der Waals surface area (Å²) in [6.45, 7) is 2.17. The largest absolute Gasteiger partial charge is 0.466 e. The lowest BCUT2D eigenvalue weighted by molar-refractivity contribution is -0.168. The first-order valence-corrected chi connectivity index (χ1v) is 12.8. The number of hydrogen-bond donors (Lipinski definition) is 0. The van der Waals surface area contributed by atoms with Gasteiger partial charge < -0.3 is 9.47 Å². The van der Waals surface area contributed by atoms with Gasteiger partial charge in [-0.05, 0) is 67.6 Å². The molecule has 2 aliphatic heterocycles. The molecule has 0 amide bonds. The van der Waals surface area contributed by atoms with E-state index in [2.05, 4.69) is 29.6 Å². The minimum atomic E-state index is -0.786. The number of fused-ring (bicyclic) bond motifs is 6. The molecule has 0 aromatic heterocycles. The zero-order chi connectivity index (χ0) is 20.1. The smallest absolute Gasteiger partial charge is 0.318 e. The van der Waals surface area contributed by atoms with Gasteiger partial charge in [0, 0.05) is 5.92 Å². The highest BCUT2D eigenvalue weighted by atomic mass is 32.2. The normalized spacial score (nSPS) is 34.7. The van der Waals surface area contributed by atoms with Crippen LogP contribution >= 0.6 is 23.5 Å². The Morgan fingerprint density at radius 1 is 1.17 bits per heavy atom. The first-order chi connectivity index (χ1) is 14.1. The van der Waals surface area contributed by atoms with Gasteiger partial charge in [0.05, 0.1) is 22.5 Å². The van der Waals surface area contributed by atoms with E-state index >= 15 is 0 Å². The van der Waals surface area contributed by atoms with E-state index in [1.807, 2.05) is 25.1 Å². The van der Waals surface area contributed by atoms with Crippen LogP contribution in [0.4, 0.5) is 0 Å². The topological polar surface area (TPSA) is 52.6 Å². The number of esters is 2. The average Bonchev–Trinajstić information content (AvgIpc) is 3.23. The molecule has 6 heteroatoms. The molecule has 1 aromatic rings. The Bertz CT molecular complexity index is 819. The Morgan fingerprint density at radius 3 is 2.72 bits per heavy atom. The van der Waals surface area contributed by atoms with Gasteiger partial charge in [-0.15, -0.1) is 23.5 Å². The summed E-state index contributed by atoms with van der Waals surface area (Å²) in [5.74, 6) is 3.26. The summed E-state index contributed by atoms with van der Waals surface area (Å²) >= 11 is 4.23. The highest BCUT2D eigenvalue weighted by Gasteiger charge is 2.68. The lowest BCUT2D eigenvalue weighted by atomic mass is 9.53. The predicted octanol–water partition coefficient (Wildman–Crippen LogP) is 5.02. The molecule has 0 radical (unpaired) electrons. The van der Waals surface area contributed by atoms with E-state index in [1.165, 1.54) is 17.9 Å². The van der Waals surface area contributed by atoms with E-state index in [-0.39, 0.29) is 34.3 Å². The van der Waals surface area contributed by atoms with Crippen molar-refractivity contribution in [2.45, 2.75) is 55.4 Å².